The van der Waals surface area contributed by atoms with Gasteiger partial charge in [0.25, 0.3) is 0 Å². The van der Waals surface area contributed by atoms with Crippen LogP contribution in [-0.2, 0) is 0 Å². The van der Waals surface area contributed by atoms with Gasteiger partial charge < -0.3 is 5.32 Å². The second-order valence-electron chi connectivity index (χ2n) is 5.28. The van der Waals surface area contributed by atoms with Crippen LogP contribution in [0, 0.1) is 17.8 Å². The maximum Gasteiger partial charge on any atom is 0.0174 e. The van der Waals surface area contributed by atoms with Crippen molar-refractivity contribution in [1.82, 2.24) is 5.32 Å². The van der Waals surface area contributed by atoms with Gasteiger partial charge in [0.15, 0.2) is 0 Å². The molecule has 1 fully saturated rings. The van der Waals surface area contributed by atoms with E-state index in [1.165, 1.54) is 44.3 Å². The Balaban J connectivity index is 2.20. The monoisotopic (exact) mass is 219 g/mol. The highest BCUT2D eigenvalue weighted by atomic mass is 14.9. The topological polar surface area (TPSA) is 12.0 Å². The van der Waals surface area contributed by atoms with Crippen LogP contribution in [0.5, 0.6) is 0 Å². The average Bonchev–Trinajstić information content (AvgIpc) is 2.26. The summed E-state index contributed by atoms with van der Waals surface area (Å²) in [6.45, 7) is 5.90. The fraction of sp³-hybridized carbons (Fsp3) is 0.733. The summed E-state index contributed by atoms with van der Waals surface area (Å²) in [4.78, 5) is 0. The summed E-state index contributed by atoms with van der Waals surface area (Å²) in [5.41, 5.74) is 1.45. The first-order chi connectivity index (χ1) is 7.85. The van der Waals surface area contributed by atoms with Gasteiger partial charge >= 0.3 is 0 Å². The van der Waals surface area contributed by atoms with Crippen molar-refractivity contribution in [2.24, 2.45) is 17.8 Å². The van der Waals surface area contributed by atoms with E-state index in [1.807, 2.05) is 0 Å². The van der Waals surface area contributed by atoms with Gasteiger partial charge in [-0.3, -0.25) is 0 Å². The minimum absolute atomic E-state index is 0.866. The van der Waals surface area contributed by atoms with Crippen molar-refractivity contribution in [3.05, 3.63) is 23.9 Å². The maximum absolute atomic E-state index is 3.65. The van der Waals surface area contributed by atoms with E-state index in [1.54, 1.807) is 0 Å². The molecule has 16 heavy (non-hydrogen) atoms. The molecule has 2 bridgehead atoms. The lowest BCUT2D eigenvalue weighted by atomic mass is 9.73. The van der Waals surface area contributed by atoms with Crippen LogP contribution in [0.4, 0.5) is 0 Å². The fourth-order valence-electron chi connectivity index (χ4n) is 3.43. The van der Waals surface area contributed by atoms with Crippen LogP contribution in [0.1, 0.15) is 46.0 Å². The maximum atomic E-state index is 3.65. The molecule has 0 spiro atoms. The Morgan fingerprint density at radius 1 is 1.31 bits per heavy atom. The van der Waals surface area contributed by atoms with E-state index >= 15 is 0 Å². The predicted octanol–water partition coefficient (Wildman–Crippen LogP) is 3.88. The molecule has 1 saturated heterocycles. The van der Waals surface area contributed by atoms with Gasteiger partial charge in [0, 0.05) is 12.2 Å². The van der Waals surface area contributed by atoms with Crippen LogP contribution in [0.2, 0.25) is 0 Å². The summed E-state index contributed by atoms with van der Waals surface area (Å²) in [5.74, 6) is 2.70. The summed E-state index contributed by atoms with van der Waals surface area (Å²) in [7, 11) is 0. The van der Waals surface area contributed by atoms with Gasteiger partial charge in [0.2, 0.25) is 0 Å². The molecule has 0 saturated carbocycles. The molecule has 2 rings (SSSR count). The lowest BCUT2D eigenvalue weighted by Crippen LogP contribution is -2.34. The quantitative estimate of drug-likeness (QED) is 0.743. The van der Waals surface area contributed by atoms with Crippen molar-refractivity contribution in [2.45, 2.75) is 46.0 Å². The minimum Gasteiger partial charge on any atom is -0.388 e. The van der Waals surface area contributed by atoms with E-state index < -0.39 is 0 Å². The third-order valence-corrected chi connectivity index (χ3v) is 4.45. The molecule has 1 heterocycles. The first kappa shape index (κ1) is 11.8. The molecule has 0 aromatic heterocycles. The van der Waals surface area contributed by atoms with Crippen LogP contribution >= 0.6 is 0 Å². The third kappa shape index (κ3) is 2.50. The van der Waals surface area contributed by atoms with Gasteiger partial charge in [-0.1, -0.05) is 38.8 Å². The van der Waals surface area contributed by atoms with Crippen molar-refractivity contribution in [3.63, 3.8) is 0 Å². The predicted molar refractivity (Wildman–Crippen MR) is 70.1 cm³/mol. The van der Waals surface area contributed by atoms with Gasteiger partial charge in [-0.15, -0.1) is 0 Å². The number of hydrogen-bond donors (Lipinski definition) is 1. The fourth-order valence-corrected chi connectivity index (χ4v) is 3.43. The third-order valence-electron chi connectivity index (χ3n) is 4.45. The molecule has 0 aromatic rings. The van der Waals surface area contributed by atoms with Gasteiger partial charge in [-0.05, 0) is 43.1 Å². The lowest BCUT2D eigenvalue weighted by Gasteiger charge is -2.36. The van der Waals surface area contributed by atoms with Gasteiger partial charge in [0.05, 0.1) is 0 Å². The number of nitrogens with one attached hydrogen (secondary N) is 1. The smallest absolute Gasteiger partial charge is 0.0174 e. The molecule has 1 aliphatic heterocycles. The van der Waals surface area contributed by atoms with Crippen molar-refractivity contribution in [2.75, 3.05) is 6.54 Å². The zero-order valence-electron chi connectivity index (χ0n) is 10.7. The molecule has 1 unspecified atom stereocenters. The van der Waals surface area contributed by atoms with Crippen LogP contribution in [0.25, 0.3) is 0 Å². The van der Waals surface area contributed by atoms with Crippen molar-refractivity contribution in [1.29, 1.82) is 0 Å². The second kappa shape index (κ2) is 5.56. The standard InChI is InChI=1S/C15H25N/c1-3-12-11-16-14-8-6-5-7-13(9-10-14)15(12)4-2/h5-6,8,12-13,15-16H,3-4,7,9-11H2,1-2H3/b6-5-,14-8?/t12-,13+,15?/m1/s1. The molecule has 3 atom stereocenters. The number of fused-ring (bicyclic) bond motifs is 3. The van der Waals surface area contributed by atoms with Gasteiger partial charge in [-0.25, -0.2) is 0 Å². The van der Waals surface area contributed by atoms with Crippen LogP contribution in [-0.4, -0.2) is 6.54 Å². The van der Waals surface area contributed by atoms with Crippen LogP contribution in [0.15, 0.2) is 23.9 Å². The summed E-state index contributed by atoms with van der Waals surface area (Å²) < 4.78 is 0. The molecule has 90 valence electrons. The van der Waals surface area contributed by atoms with Crippen LogP contribution < -0.4 is 5.32 Å². The van der Waals surface area contributed by atoms with Crippen molar-refractivity contribution >= 4 is 0 Å². The number of allylic oxidation sites excluding steroid dienone is 4. The number of hydrogen-bond acceptors (Lipinski definition) is 1. The molecule has 1 nitrogen and oxygen atoms in total. The number of rotatable bonds is 2. The highest BCUT2D eigenvalue weighted by molar-refractivity contribution is 5.14. The first-order valence-electron chi connectivity index (χ1n) is 6.94. The summed E-state index contributed by atoms with van der Waals surface area (Å²) in [6.07, 6.45) is 13.5. The van der Waals surface area contributed by atoms with E-state index in [9.17, 15) is 0 Å². The lowest BCUT2D eigenvalue weighted by molar-refractivity contribution is 0.188. The van der Waals surface area contributed by atoms with E-state index in [4.69, 9.17) is 0 Å². The van der Waals surface area contributed by atoms with E-state index in [0.717, 1.165) is 17.8 Å². The molecule has 0 radical (unpaired) electrons. The molecule has 1 heteroatoms. The second-order valence-corrected chi connectivity index (χ2v) is 5.28. The van der Waals surface area contributed by atoms with Gasteiger partial charge in [0.1, 0.15) is 0 Å². The molecular formula is C15H25N. The Hall–Kier alpha value is -0.720. The first-order valence-corrected chi connectivity index (χ1v) is 6.94. The summed E-state index contributed by atoms with van der Waals surface area (Å²) >= 11 is 0. The molecule has 1 N–H and O–H groups in total. The zero-order valence-corrected chi connectivity index (χ0v) is 10.7. The van der Waals surface area contributed by atoms with E-state index in [-0.39, 0.29) is 0 Å². The molecule has 1 aliphatic carbocycles. The molecule has 0 aromatic carbocycles. The Kier molecular flexibility index (Phi) is 4.09. The zero-order chi connectivity index (χ0) is 11.4. The van der Waals surface area contributed by atoms with Crippen molar-refractivity contribution < 1.29 is 0 Å². The average molecular weight is 219 g/mol. The van der Waals surface area contributed by atoms with Crippen molar-refractivity contribution in [3.8, 4) is 0 Å². The normalized spacial score (nSPS) is 36.4. The Morgan fingerprint density at radius 3 is 2.94 bits per heavy atom. The highest BCUT2D eigenvalue weighted by Crippen LogP contribution is 2.35. The van der Waals surface area contributed by atoms with E-state index in [0.29, 0.717) is 0 Å². The van der Waals surface area contributed by atoms with E-state index in [2.05, 4.69) is 37.4 Å². The minimum atomic E-state index is 0.866. The van der Waals surface area contributed by atoms with Gasteiger partial charge in [-0.2, -0.15) is 0 Å². The van der Waals surface area contributed by atoms with Crippen LogP contribution in [0.3, 0.4) is 0 Å². The SMILES string of the molecule is CCC1[C@H](CC)CNC2=C/C=C\C[C@H]1CC2. The molecule has 2 aliphatic rings. The summed E-state index contributed by atoms with van der Waals surface area (Å²) in [6, 6.07) is 0. The Morgan fingerprint density at radius 2 is 2.19 bits per heavy atom. The molecule has 0 amide bonds. The largest absolute Gasteiger partial charge is 0.388 e. The summed E-state index contributed by atoms with van der Waals surface area (Å²) in [5, 5.41) is 3.65. The molecular weight excluding hydrogens is 194 g/mol. The Labute approximate surface area is 100 Å². The highest BCUT2D eigenvalue weighted by Gasteiger charge is 2.28. The Bertz CT molecular complexity index is 277.